The summed E-state index contributed by atoms with van der Waals surface area (Å²) in [6.45, 7) is -0.234. The van der Waals surface area contributed by atoms with Crippen LogP contribution in [0.15, 0.2) is 18.2 Å². The molecule has 6 nitrogen and oxygen atoms in total. The van der Waals surface area contributed by atoms with Gasteiger partial charge in [-0.25, -0.2) is 0 Å². The molecule has 1 aromatic rings. The van der Waals surface area contributed by atoms with Crippen LogP contribution >= 0.6 is 11.6 Å². The number of anilines is 1. The number of halogens is 1. The van der Waals surface area contributed by atoms with Crippen LogP contribution in [0.5, 0.6) is 0 Å². The van der Waals surface area contributed by atoms with Crippen LogP contribution in [0.1, 0.15) is 5.56 Å². The second kappa shape index (κ2) is 6.39. The van der Waals surface area contributed by atoms with E-state index in [-0.39, 0.29) is 30.4 Å². The number of nitrogens with one attached hydrogen (secondary N) is 1. The molecule has 0 amide bonds. The second-order valence-corrected chi connectivity index (χ2v) is 3.72. The predicted octanol–water partition coefficient (Wildman–Crippen LogP) is 1.10. The van der Waals surface area contributed by atoms with Gasteiger partial charge < -0.3 is 15.5 Å². The fraction of sp³-hybridized carbons (Fsp3) is 0.400. The molecular weight excluding hydrogens is 248 g/mol. The average molecular weight is 261 g/mol. The van der Waals surface area contributed by atoms with Crippen molar-refractivity contribution in [2.75, 3.05) is 17.7 Å². The molecule has 0 heterocycles. The molecule has 0 bridgehead atoms. The van der Waals surface area contributed by atoms with Crippen LogP contribution in [0.4, 0.5) is 11.4 Å². The highest BCUT2D eigenvalue weighted by atomic mass is 35.5. The molecule has 0 fully saturated rings. The number of benzene rings is 1. The summed E-state index contributed by atoms with van der Waals surface area (Å²) in [6.07, 6.45) is -0.803. The van der Waals surface area contributed by atoms with Crippen molar-refractivity contribution < 1.29 is 15.1 Å². The standard InChI is InChI=1S/C10H13ClN2O4/c11-4-8(15)5-12-10-7(6-14)2-1-3-9(10)13(16)17/h1-3,8,12,14-15H,4-6H2. The zero-order valence-electron chi connectivity index (χ0n) is 8.97. The van der Waals surface area contributed by atoms with Crippen molar-refractivity contribution in [2.24, 2.45) is 0 Å². The average Bonchev–Trinajstić information content (AvgIpc) is 2.35. The third-order valence-electron chi connectivity index (χ3n) is 2.19. The number of rotatable bonds is 6. The SMILES string of the molecule is O=[N+]([O-])c1cccc(CO)c1NCC(O)CCl. The summed E-state index contributed by atoms with van der Waals surface area (Å²) < 4.78 is 0. The number of aliphatic hydroxyl groups excluding tert-OH is 2. The summed E-state index contributed by atoms with van der Waals surface area (Å²) in [7, 11) is 0. The second-order valence-electron chi connectivity index (χ2n) is 3.42. The van der Waals surface area contributed by atoms with Gasteiger partial charge in [0.05, 0.1) is 23.5 Å². The van der Waals surface area contributed by atoms with Gasteiger partial charge in [0.2, 0.25) is 0 Å². The summed E-state index contributed by atoms with van der Waals surface area (Å²) in [6, 6.07) is 4.39. The van der Waals surface area contributed by atoms with E-state index in [9.17, 15) is 15.2 Å². The molecule has 94 valence electrons. The number of hydrogen-bond donors (Lipinski definition) is 3. The largest absolute Gasteiger partial charge is 0.392 e. The van der Waals surface area contributed by atoms with E-state index >= 15 is 0 Å². The van der Waals surface area contributed by atoms with E-state index in [1.165, 1.54) is 12.1 Å². The van der Waals surface area contributed by atoms with Crippen molar-refractivity contribution in [3.63, 3.8) is 0 Å². The molecule has 0 aliphatic carbocycles. The van der Waals surface area contributed by atoms with Crippen molar-refractivity contribution in [1.29, 1.82) is 0 Å². The maximum Gasteiger partial charge on any atom is 0.292 e. The minimum atomic E-state index is -0.803. The predicted molar refractivity (Wildman–Crippen MR) is 64.2 cm³/mol. The van der Waals surface area contributed by atoms with Gasteiger partial charge >= 0.3 is 0 Å². The van der Waals surface area contributed by atoms with E-state index in [4.69, 9.17) is 16.7 Å². The fourth-order valence-electron chi connectivity index (χ4n) is 1.35. The fourth-order valence-corrected chi connectivity index (χ4v) is 1.46. The van der Waals surface area contributed by atoms with Crippen molar-refractivity contribution >= 4 is 23.0 Å². The Morgan fingerprint density at radius 1 is 1.53 bits per heavy atom. The zero-order chi connectivity index (χ0) is 12.8. The molecule has 7 heteroatoms. The first-order chi connectivity index (χ1) is 8.10. The van der Waals surface area contributed by atoms with Crippen LogP contribution in [-0.4, -0.2) is 33.7 Å². The number of nitro groups is 1. The minimum Gasteiger partial charge on any atom is -0.392 e. The van der Waals surface area contributed by atoms with Gasteiger partial charge in [0.15, 0.2) is 0 Å². The Labute approximate surface area is 103 Å². The summed E-state index contributed by atoms with van der Waals surface area (Å²) in [5.74, 6) is 0.0299. The number of nitrogens with zero attached hydrogens (tertiary/aromatic N) is 1. The first kappa shape index (κ1) is 13.7. The topological polar surface area (TPSA) is 95.6 Å². The monoisotopic (exact) mass is 260 g/mol. The lowest BCUT2D eigenvalue weighted by Crippen LogP contribution is -2.21. The normalized spacial score (nSPS) is 12.2. The molecule has 1 unspecified atom stereocenters. The van der Waals surface area contributed by atoms with Crippen LogP contribution in [0, 0.1) is 10.1 Å². The Bertz CT molecular complexity index is 400. The Hall–Kier alpha value is -1.37. The van der Waals surface area contributed by atoms with E-state index in [1.54, 1.807) is 6.07 Å². The van der Waals surface area contributed by atoms with Gasteiger partial charge in [-0.3, -0.25) is 10.1 Å². The summed E-state index contributed by atoms with van der Waals surface area (Å²) >= 11 is 5.42. The number of aliphatic hydroxyl groups is 2. The van der Waals surface area contributed by atoms with Crippen LogP contribution < -0.4 is 5.32 Å². The van der Waals surface area contributed by atoms with Crippen molar-refractivity contribution in [3.05, 3.63) is 33.9 Å². The van der Waals surface area contributed by atoms with Gasteiger partial charge in [-0.05, 0) is 0 Å². The molecular formula is C10H13ClN2O4. The van der Waals surface area contributed by atoms with Crippen molar-refractivity contribution in [2.45, 2.75) is 12.7 Å². The summed E-state index contributed by atoms with van der Waals surface area (Å²) in [5.41, 5.74) is 0.475. The minimum absolute atomic E-state index is 0.0299. The smallest absolute Gasteiger partial charge is 0.292 e. The van der Waals surface area contributed by atoms with Crippen LogP contribution in [0.3, 0.4) is 0 Å². The van der Waals surface area contributed by atoms with Crippen molar-refractivity contribution in [3.8, 4) is 0 Å². The first-order valence-corrected chi connectivity index (χ1v) is 5.48. The molecule has 0 radical (unpaired) electrons. The van der Waals surface area contributed by atoms with Gasteiger partial charge in [0.1, 0.15) is 5.69 Å². The van der Waals surface area contributed by atoms with Crippen LogP contribution in [-0.2, 0) is 6.61 Å². The molecule has 1 atom stereocenters. The van der Waals surface area contributed by atoms with E-state index in [0.29, 0.717) is 5.56 Å². The first-order valence-electron chi connectivity index (χ1n) is 4.95. The van der Waals surface area contributed by atoms with Gasteiger partial charge in [0, 0.05) is 18.2 Å². The quantitative estimate of drug-likeness (QED) is 0.404. The van der Waals surface area contributed by atoms with Crippen LogP contribution in [0.2, 0.25) is 0 Å². The van der Waals surface area contributed by atoms with Gasteiger partial charge in [-0.15, -0.1) is 11.6 Å². The zero-order valence-corrected chi connectivity index (χ0v) is 9.72. The molecule has 17 heavy (non-hydrogen) atoms. The van der Waals surface area contributed by atoms with Crippen molar-refractivity contribution in [1.82, 2.24) is 0 Å². The van der Waals surface area contributed by atoms with E-state index < -0.39 is 11.0 Å². The summed E-state index contributed by atoms with van der Waals surface area (Å²) in [5, 5.41) is 31.9. The van der Waals surface area contributed by atoms with E-state index in [2.05, 4.69) is 5.32 Å². The van der Waals surface area contributed by atoms with E-state index in [0.717, 1.165) is 0 Å². The van der Waals surface area contributed by atoms with Gasteiger partial charge in [-0.2, -0.15) is 0 Å². The Kier molecular flexibility index (Phi) is 5.14. The molecule has 0 spiro atoms. The molecule has 1 rings (SSSR count). The lowest BCUT2D eigenvalue weighted by Gasteiger charge is -2.13. The molecule has 0 saturated carbocycles. The third kappa shape index (κ3) is 3.55. The van der Waals surface area contributed by atoms with E-state index in [1.807, 2.05) is 0 Å². The highest BCUT2D eigenvalue weighted by Crippen LogP contribution is 2.28. The Morgan fingerprint density at radius 3 is 2.76 bits per heavy atom. The highest BCUT2D eigenvalue weighted by molar-refractivity contribution is 6.18. The molecule has 0 saturated heterocycles. The lowest BCUT2D eigenvalue weighted by molar-refractivity contribution is -0.384. The van der Waals surface area contributed by atoms with Crippen LogP contribution in [0.25, 0.3) is 0 Å². The molecule has 1 aromatic carbocycles. The third-order valence-corrected chi connectivity index (χ3v) is 2.54. The molecule has 0 aliphatic heterocycles. The highest BCUT2D eigenvalue weighted by Gasteiger charge is 2.17. The molecule has 0 aliphatic rings. The number of nitro benzene ring substituents is 1. The summed E-state index contributed by atoms with van der Waals surface area (Å²) in [4.78, 5) is 10.3. The molecule has 0 aromatic heterocycles. The maximum atomic E-state index is 10.8. The number of para-hydroxylation sites is 1. The molecule has 3 N–H and O–H groups in total. The number of alkyl halides is 1. The Balaban J connectivity index is 2.97. The number of hydrogen-bond acceptors (Lipinski definition) is 5. The lowest BCUT2D eigenvalue weighted by atomic mass is 10.1. The maximum absolute atomic E-state index is 10.8. The Morgan fingerprint density at radius 2 is 2.24 bits per heavy atom. The van der Waals surface area contributed by atoms with Gasteiger partial charge in [-0.1, -0.05) is 12.1 Å². The van der Waals surface area contributed by atoms with Gasteiger partial charge in [0.25, 0.3) is 5.69 Å².